The quantitative estimate of drug-likeness (QED) is 0.283. The molecule has 2 aliphatic carbocycles. The van der Waals surface area contributed by atoms with Crippen LogP contribution in [0.15, 0.2) is 71.2 Å². The summed E-state index contributed by atoms with van der Waals surface area (Å²) >= 11 is 3.73. The van der Waals surface area contributed by atoms with E-state index in [0.717, 1.165) is 27.9 Å². The summed E-state index contributed by atoms with van der Waals surface area (Å²) in [6.07, 6.45) is 6.45. The number of para-hydroxylation sites is 1. The van der Waals surface area contributed by atoms with Gasteiger partial charge in [-0.2, -0.15) is 0 Å². The molecule has 3 aromatic rings. The Morgan fingerprint density at radius 3 is 2.22 bits per heavy atom. The molecule has 0 heterocycles. The van der Waals surface area contributed by atoms with E-state index in [9.17, 15) is 14.7 Å². The lowest BCUT2D eigenvalue weighted by Crippen LogP contribution is -2.42. The molecule has 2 unspecified atom stereocenters. The second-order valence-corrected chi connectivity index (χ2v) is 12.0. The third kappa shape index (κ3) is 5.45. The first-order valence-corrected chi connectivity index (χ1v) is 13.8. The Bertz CT molecular complexity index is 1300. The number of amides is 1. The molecule has 5 rings (SSSR count). The van der Waals surface area contributed by atoms with Crippen molar-refractivity contribution >= 4 is 44.9 Å². The fourth-order valence-electron chi connectivity index (χ4n) is 6.84. The molecule has 3 aromatic carbocycles. The minimum atomic E-state index is -0.994. The topological polar surface area (TPSA) is 78.4 Å². The van der Waals surface area contributed by atoms with Gasteiger partial charge in [-0.25, -0.2) is 4.79 Å². The number of aromatic carboxylic acids is 1. The van der Waals surface area contributed by atoms with Gasteiger partial charge in [0.1, 0.15) is 0 Å². The summed E-state index contributed by atoms with van der Waals surface area (Å²) in [6, 6.07) is 20.2. The Hall–Kier alpha value is -3.12. The monoisotopic (exact) mass is 560 g/mol. The molecule has 2 aliphatic rings. The van der Waals surface area contributed by atoms with Crippen molar-refractivity contribution in [1.82, 2.24) is 0 Å². The number of halogens is 1. The van der Waals surface area contributed by atoms with Crippen LogP contribution in [0.3, 0.4) is 0 Å². The predicted molar refractivity (Wildman–Crippen MR) is 152 cm³/mol. The van der Waals surface area contributed by atoms with Gasteiger partial charge in [0.05, 0.1) is 16.9 Å². The molecule has 6 heteroatoms. The number of rotatable bonds is 6. The highest BCUT2D eigenvalue weighted by atomic mass is 79.9. The van der Waals surface area contributed by atoms with Crippen molar-refractivity contribution in [2.75, 3.05) is 10.6 Å². The number of carbonyl (C=O) groups is 2. The highest BCUT2D eigenvalue weighted by molar-refractivity contribution is 9.10. The normalized spacial score (nSPS) is 24.8. The number of carboxylic acids is 1. The Balaban J connectivity index is 1.29. The van der Waals surface area contributed by atoms with Gasteiger partial charge in [-0.1, -0.05) is 32.0 Å². The summed E-state index contributed by atoms with van der Waals surface area (Å²) in [5.74, 6) is 1.13. The van der Waals surface area contributed by atoms with Gasteiger partial charge in [-0.15, -0.1) is 0 Å². The van der Waals surface area contributed by atoms with Crippen LogP contribution in [0.1, 0.15) is 72.2 Å². The van der Waals surface area contributed by atoms with Crippen LogP contribution < -0.4 is 10.6 Å². The lowest BCUT2D eigenvalue weighted by Gasteiger charge is -2.50. The zero-order valence-corrected chi connectivity index (χ0v) is 22.8. The first-order chi connectivity index (χ1) is 17.7. The summed E-state index contributed by atoms with van der Waals surface area (Å²) in [5, 5.41) is 15.5. The second kappa shape index (κ2) is 10.3. The standard InChI is InChI=1S/C31H33BrN2O3/c1-19-13-21-14-20(2)17-31(16-19,18-21)23-9-12-28(26(32)15-23)34-29(35)22-7-10-24(11-8-22)33-27-6-4-3-5-25(27)30(36)37/h3-12,15,19-21,33H,13-14,16-18H2,1-2H3,(H,34,35)(H,36,37). The Morgan fingerprint density at radius 1 is 0.892 bits per heavy atom. The van der Waals surface area contributed by atoms with Gasteiger partial charge in [-0.3, -0.25) is 4.79 Å². The Morgan fingerprint density at radius 2 is 1.57 bits per heavy atom. The number of hydrogen-bond donors (Lipinski definition) is 3. The maximum atomic E-state index is 13.0. The van der Waals surface area contributed by atoms with Gasteiger partial charge >= 0.3 is 5.97 Å². The molecule has 2 saturated carbocycles. The minimum absolute atomic E-state index is 0.193. The molecular weight excluding hydrogens is 528 g/mol. The maximum absolute atomic E-state index is 13.0. The van der Waals surface area contributed by atoms with Crippen LogP contribution in [0.2, 0.25) is 0 Å². The zero-order valence-electron chi connectivity index (χ0n) is 21.3. The Labute approximate surface area is 226 Å². The number of anilines is 3. The summed E-state index contributed by atoms with van der Waals surface area (Å²) in [7, 11) is 0. The van der Waals surface area contributed by atoms with Crippen LogP contribution >= 0.6 is 15.9 Å². The van der Waals surface area contributed by atoms with Crippen molar-refractivity contribution in [2.24, 2.45) is 17.8 Å². The van der Waals surface area contributed by atoms with Crippen LogP contribution in [0.5, 0.6) is 0 Å². The molecule has 3 N–H and O–H groups in total. The number of nitrogens with one attached hydrogen (secondary N) is 2. The van der Waals surface area contributed by atoms with Gasteiger partial charge in [-0.05, 0) is 125 Å². The number of fused-ring (bicyclic) bond motifs is 2. The number of carbonyl (C=O) groups excluding carboxylic acids is 1. The van der Waals surface area contributed by atoms with E-state index in [1.807, 2.05) is 6.07 Å². The average molecular weight is 562 g/mol. The highest BCUT2D eigenvalue weighted by Crippen LogP contribution is 2.54. The molecule has 0 aliphatic heterocycles. The summed E-state index contributed by atoms with van der Waals surface area (Å²) in [5.41, 5.74) is 4.31. The zero-order chi connectivity index (χ0) is 26.2. The lowest BCUT2D eigenvalue weighted by molar-refractivity contribution is 0.0697. The van der Waals surface area contributed by atoms with E-state index >= 15 is 0 Å². The molecule has 2 atom stereocenters. The molecule has 0 saturated heterocycles. The van der Waals surface area contributed by atoms with Crippen molar-refractivity contribution in [1.29, 1.82) is 0 Å². The average Bonchev–Trinajstić information content (AvgIpc) is 2.85. The van der Waals surface area contributed by atoms with Gasteiger partial charge in [0.2, 0.25) is 0 Å². The van der Waals surface area contributed by atoms with Crippen molar-refractivity contribution < 1.29 is 14.7 Å². The largest absolute Gasteiger partial charge is 0.478 e. The first kappa shape index (κ1) is 25.5. The van der Waals surface area contributed by atoms with E-state index in [1.165, 1.54) is 37.7 Å². The van der Waals surface area contributed by atoms with Crippen molar-refractivity contribution in [3.05, 3.63) is 87.9 Å². The fraction of sp³-hybridized carbons (Fsp3) is 0.355. The van der Waals surface area contributed by atoms with Crippen LogP contribution in [0.4, 0.5) is 17.1 Å². The molecule has 192 valence electrons. The molecule has 0 aromatic heterocycles. The van der Waals surface area contributed by atoms with Gasteiger partial charge < -0.3 is 15.7 Å². The summed E-state index contributed by atoms with van der Waals surface area (Å²) in [6.45, 7) is 4.79. The smallest absolute Gasteiger partial charge is 0.337 e. The van der Waals surface area contributed by atoms with E-state index < -0.39 is 5.97 Å². The number of hydrogen-bond acceptors (Lipinski definition) is 3. The Kier molecular flexibility index (Phi) is 7.13. The molecule has 1 amide bonds. The summed E-state index contributed by atoms with van der Waals surface area (Å²) in [4.78, 5) is 24.4. The molecular formula is C31H33BrN2O3. The van der Waals surface area contributed by atoms with E-state index in [2.05, 4.69) is 52.5 Å². The van der Waals surface area contributed by atoms with Crippen molar-refractivity contribution in [3.8, 4) is 0 Å². The van der Waals surface area contributed by atoms with Crippen molar-refractivity contribution in [2.45, 2.75) is 51.4 Å². The minimum Gasteiger partial charge on any atom is -0.478 e. The van der Waals surface area contributed by atoms with E-state index in [1.54, 1.807) is 48.5 Å². The SMILES string of the molecule is CC1CC2CC(C)CC(c3ccc(NC(=O)c4ccc(Nc5ccccc5C(=O)O)cc4)c(Br)c3)(C1)C2. The van der Waals surface area contributed by atoms with Crippen LogP contribution in [-0.4, -0.2) is 17.0 Å². The molecule has 37 heavy (non-hydrogen) atoms. The van der Waals surface area contributed by atoms with Crippen LogP contribution in [-0.2, 0) is 5.41 Å². The van der Waals surface area contributed by atoms with Crippen LogP contribution in [0.25, 0.3) is 0 Å². The van der Waals surface area contributed by atoms with E-state index in [-0.39, 0.29) is 16.9 Å². The van der Waals surface area contributed by atoms with Crippen molar-refractivity contribution in [3.63, 3.8) is 0 Å². The van der Waals surface area contributed by atoms with Crippen LogP contribution in [0, 0.1) is 17.8 Å². The lowest BCUT2D eigenvalue weighted by atomic mass is 9.54. The maximum Gasteiger partial charge on any atom is 0.337 e. The highest BCUT2D eigenvalue weighted by Gasteiger charge is 2.45. The van der Waals surface area contributed by atoms with E-state index in [4.69, 9.17) is 0 Å². The third-order valence-corrected chi connectivity index (χ3v) is 8.70. The molecule has 2 bridgehead atoms. The van der Waals surface area contributed by atoms with Gasteiger partial charge in [0.25, 0.3) is 5.91 Å². The molecule has 0 spiro atoms. The predicted octanol–water partition coefficient (Wildman–Crippen LogP) is 8.25. The third-order valence-electron chi connectivity index (χ3n) is 8.04. The summed E-state index contributed by atoms with van der Waals surface area (Å²) < 4.78 is 0.907. The second-order valence-electron chi connectivity index (χ2n) is 11.1. The molecule has 5 nitrogen and oxygen atoms in total. The molecule has 0 radical (unpaired) electrons. The van der Waals surface area contributed by atoms with Gasteiger partial charge in [0, 0.05) is 15.7 Å². The molecule has 2 fully saturated rings. The number of carboxylic acid groups (broad SMARTS) is 1. The van der Waals surface area contributed by atoms with Gasteiger partial charge in [0.15, 0.2) is 0 Å². The first-order valence-electron chi connectivity index (χ1n) is 13.0. The fourth-order valence-corrected chi connectivity index (χ4v) is 7.32. The van der Waals surface area contributed by atoms with E-state index in [0.29, 0.717) is 16.9 Å². The number of benzene rings is 3.